The van der Waals surface area contributed by atoms with Gasteiger partial charge in [0.25, 0.3) is 0 Å². The molecule has 0 atom stereocenters. The van der Waals surface area contributed by atoms with Gasteiger partial charge in [-0.3, -0.25) is 14.4 Å². The molecule has 4 nitrogen and oxygen atoms in total. The third-order valence-electron chi connectivity index (χ3n) is 0.924. The fraction of sp³-hybridized carbons (Fsp3) is 0.143. The van der Waals surface area contributed by atoms with Crippen LogP contribution in [-0.2, 0) is 14.4 Å². The highest BCUT2D eigenvalue weighted by Crippen LogP contribution is 1.90. The predicted molar refractivity (Wildman–Crippen MR) is 39.4 cm³/mol. The van der Waals surface area contributed by atoms with Gasteiger partial charge >= 0.3 is 0 Å². The summed E-state index contributed by atoms with van der Waals surface area (Å²) in [5, 5.41) is 0. The molecule has 0 bridgehead atoms. The van der Waals surface area contributed by atoms with Crippen LogP contribution in [0.25, 0.3) is 0 Å². The lowest BCUT2D eigenvalue weighted by molar-refractivity contribution is -0.112. The summed E-state index contributed by atoms with van der Waals surface area (Å²) < 4.78 is 0. The monoisotopic (exact) mass is 153 g/mol. The first kappa shape index (κ1) is 9.42. The molecule has 0 fully saturated rings. The molecule has 0 aliphatic heterocycles. The lowest BCUT2D eigenvalue weighted by atomic mass is 10.1. The summed E-state index contributed by atoms with van der Waals surface area (Å²) in [6, 6.07) is 0. The van der Waals surface area contributed by atoms with E-state index in [1.807, 2.05) is 0 Å². The first-order valence-corrected chi connectivity index (χ1v) is 2.80. The van der Waals surface area contributed by atoms with E-state index >= 15 is 0 Å². The predicted octanol–water partition coefficient (Wildman–Crippen LogP) is -0.0721. The average Bonchev–Trinajstić information content (AvgIpc) is 1.98. The van der Waals surface area contributed by atoms with Crippen molar-refractivity contribution >= 4 is 24.2 Å². The second-order valence-corrected chi connectivity index (χ2v) is 1.85. The number of hydrogen-bond donors (Lipinski definition) is 0. The highest BCUT2D eigenvalue weighted by Gasteiger charge is 2.09. The molecule has 0 aliphatic rings. The van der Waals surface area contributed by atoms with Crippen molar-refractivity contribution in [2.45, 2.75) is 6.92 Å². The number of hydrogen-bond acceptors (Lipinski definition) is 3. The Labute approximate surface area is 63.6 Å². The molecular formula is C7H7NO3. The van der Waals surface area contributed by atoms with Crippen molar-refractivity contribution in [2.24, 2.45) is 4.99 Å². The van der Waals surface area contributed by atoms with Crippen LogP contribution >= 0.6 is 0 Å². The Morgan fingerprint density at radius 3 is 2.27 bits per heavy atom. The summed E-state index contributed by atoms with van der Waals surface area (Å²) >= 11 is 0. The number of carbonyl (C=O) groups is 3. The van der Waals surface area contributed by atoms with Crippen molar-refractivity contribution in [3.8, 4) is 0 Å². The number of rotatable bonds is 4. The molecule has 0 saturated heterocycles. The van der Waals surface area contributed by atoms with Gasteiger partial charge in [-0.2, -0.15) is 0 Å². The Bertz CT molecular complexity index is 240. The van der Waals surface area contributed by atoms with Crippen molar-refractivity contribution in [2.75, 3.05) is 0 Å². The van der Waals surface area contributed by atoms with E-state index in [4.69, 9.17) is 0 Å². The van der Waals surface area contributed by atoms with Crippen molar-refractivity contribution in [1.82, 2.24) is 0 Å². The highest BCUT2D eigenvalue weighted by atomic mass is 16.1. The van der Waals surface area contributed by atoms with Crippen molar-refractivity contribution in [3.63, 3.8) is 0 Å². The molecule has 0 unspecified atom stereocenters. The molecular weight excluding hydrogens is 146 g/mol. The Morgan fingerprint density at radius 2 is 2.00 bits per heavy atom. The molecule has 0 N–H and O–H groups in total. The maximum Gasteiger partial charge on any atom is 0.233 e. The topological polar surface area (TPSA) is 63.6 Å². The minimum atomic E-state index is -0.605. The van der Waals surface area contributed by atoms with Gasteiger partial charge in [-0.05, 0) is 12.5 Å². The Hall–Kier alpha value is -1.58. The van der Waals surface area contributed by atoms with Gasteiger partial charge in [0.1, 0.15) is 0 Å². The zero-order valence-electron chi connectivity index (χ0n) is 6.03. The average molecular weight is 153 g/mol. The molecule has 0 aromatic heterocycles. The quantitative estimate of drug-likeness (QED) is 0.246. The minimum absolute atomic E-state index is 0.143. The van der Waals surface area contributed by atoms with Gasteiger partial charge in [0.05, 0.1) is 0 Å². The van der Waals surface area contributed by atoms with E-state index in [1.54, 1.807) is 0 Å². The van der Waals surface area contributed by atoms with Gasteiger partial charge in [0, 0.05) is 0 Å². The number of aliphatic imine (C=N–C) groups is 1. The second kappa shape index (κ2) is 4.27. The number of amides is 1. The molecule has 11 heavy (non-hydrogen) atoms. The van der Waals surface area contributed by atoms with Gasteiger partial charge in [-0.1, -0.05) is 6.58 Å². The van der Waals surface area contributed by atoms with Crippen LogP contribution in [0.1, 0.15) is 6.92 Å². The van der Waals surface area contributed by atoms with Crippen LogP contribution in [0.4, 0.5) is 0 Å². The van der Waals surface area contributed by atoms with E-state index in [-0.39, 0.29) is 18.3 Å². The zero-order chi connectivity index (χ0) is 8.85. The first-order chi connectivity index (χ1) is 5.13. The van der Waals surface area contributed by atoms with E-state index in [1.165, 1.54) is 6.92 Å². The maximum atomic E-state index is 10.8. The van der Waals surface area contributed by atoms with Crippen molar-refractivity contribution in [3.05, 3.63) is 12.2 Å². The number of ketones is 1. The van der Waals surface area contributed by atoms with E-state index < -0.39 is 11.5 Å². The summed E-state index contributed by atoms with van der Waals surface area (Å²) in [7, 11) is 0. The lowest BCUT2D eigenvalue weighted by Gasteiger charge is -1.92. The molecule has 0 aromatic rings. The largest absolute Gasteiger partial charge is 0.296 e. The molecule has 0 rings (SSSR count). The second-order valence-electron chi connectivity index (χ2n) is 1.85. The summed E-state index contributed by atoms with van der Waals surface area (Å²) in [6.07, 6.45) is 0.371. The highest BCUT2D eigenvalue weighted by molar-refractivity contribution is 6.64. The zero-order valence-corrected chi connectivity index (χ0v) is 6.03. The third-order valence-corrected chi connectivity index (χ3v) is 0.924. The number of Topliss-reactive ketones (excluding diaryl/α,β-unsaturated/α-hetero) is 1. The number of allylic oxidation sites excluding steroid dienone is 1. The Kier molecular flexibility index (Phi) is 3.66. The van der Waals surface area contributed by atoms with Crippen molar-refractivity contribution < 1.29 is 14.4 Å². The molecule has 0 radical (unpaired) electrons. The Balaban J connectivity index is 4.65. The van der Waals surface area contributed by atoms with E-state index in [2.05, 4.69) is 11.6 Å². The van der Waals surface area contributed by atoms with Crippen LogP contribution < -0.4 is 0 Å². The van der Waals surface area contributed by atoms with Gasteiger partial charge < -0.3 is 0 Å². The first-order valence-electron chi connectivity index (χ1n) is 2.80. The van der Waals surface area contributed by atoms with Gasteiger partial charge in [-0.25, -0.2) is 4.99 Å². The molecule has 0 spiro atoms. The number of carbonyl (C=O) groups excluding carboxylic acids is 3. The number of nitrogens with zero attached hydrogens (tertiary/aromatic N) is 1. The van der Waals surface area contributed by atoms with Crippen LogP contribution in [0, 0.1) is 0 Å². The Morgan fingerprint density at radius 1 is 1.45 bits per heavy atom. The standard InChI is InChI=1S/C7H7NO3/c1-5(2)7(11)6(3-9)8-4-10/h3-4H,1H2,2H3. The smallest absolute Gasteiger partial charge is 0.233 e. The van der Waals surface area contributed by atoms with Crippen LogP contribution in [0.15, 0.2) is 17.1 Å². The number of aldehydes is 1. The SMILES string of the molecule is C=C(C)C(=O)C(C=O)=NC=O. The maximum absolute atomic E-state index is 10.8. The third kappa shape index (κ3) is 2.66. The molecule has 1 amide bonds. The lowest BCUT2D eigenvalue weighted by Crippen LogP contribution is -2.16. The van der Waals surface area contributed by atoms with Crippen LogP contribution in [0.3, 0.4) is 0 Å². The fourth-order valence-corrected chi connectivity index (χ4v) is 0.418. The van der Waals surface area contributed by atoms with E-state index in [0.29, 0.717) is 0 Å². The van der Waals surface area contributed by atoms with Gasteiger partial charge in [-0.15, -0.1) is 0 Å². The molecule has 0 aliphatic carbocycles. The van der Waals surface area contributed by atoms with Crippen LogP contribution in [0.5, 0.6) is 0 Å². The van der Waals surface area contributed by atoms with Crippen molar-refractivity contribution in [1.29, 1.82) is 0 Å². The van der Waals surface area contributed by atoms with Crippen LogP contribution in [0.2, 0.25) is 0 Å². The summed E-state index contributed by atoms with van der Waals surface area (Å²) in [6.45, 7) is 4.74. The molecule has 0 saturated carbocycles. The van der Waals surface area contributed by atoms with Crippen LogP contribution in [-0.4, -0.2) is 24.2 Å². The molecule has 0 heterocycles. The minimum Gasteiger partial charge on any atom is -0.296 e. The molecule has 0 aromatic carbocycles. The summed E-state index contributed by atoms with van der Waals surface area (Å²) in [5.74, 6) is -0.605. The van der Waals surface area contributed by atoms with E-state index in [9.17, 15) is 14.4 Å². The van der Waals surface area contributed by atoms with Gasteiger partial charge in [0.15, 0.2) is 12.0 Å². The van der Waals surface area contributed by atoms with Gasteiger partial charge in [0.2, 0.25) is 12.2 Å². The van der Waals surface area contributed by atoms with E-state index in [0.717, 1.165) is 0 Å². The molecule has 58 valence electrons. The summed E-state index contributed by atoms with van der Waals surface area (Å²) in [5.41, 5.74) is -0.231. The summed E-state index contributed by atoms with van der Waals surface area (Å²) in [4.78, 5) is 33.7. The molecule has 4 heteroatoms. The fourth-order valence-electron chi connectivity index (χ4n) is 0.418. The normalized spacial score (nSPS) is 10.5.